The van der Waals surface area contributed by atoms with Gasteiger partial charge in [0.1, 0.15) is 30.5 Å². The summed E-state index contributed by atoms with van der Waals surface area (Å²) < 4.78 is 73.0. The molecule has 178 valence electrons. The van der Waals surface area contributed by atoms with Crippen LogP contribution in [-0.4, -0.2) is 31.2 Å². The second-order valence-corrected chi connectivity index (χ2v) is 7.68. The van der Waals surface area contributed by atoms with Crippen molar-refractivity contribution in [3.05, 3.63) is 76.5 Å². The number of anilines is 1. The molecule has 0 aliphatic carbocycles. The Labute approximate surface area is 193 Å². The Kier molecular flexibility index (Phi) is 6.17. The van der Waals surface area contributed by atoms with E-state index < -0.39 is 36.9 Å². The lowest BCUT2D eigenvalue weighted by Crippen LogP contribution is -2.18. The fraction of sp³-hybridized carbons (Fsp3) is 0.190. The highest BCUT2D eigenvalue weighted by atomic mass is 35.5. The molecule has 3 heterocycles. The molecule has 4 rings (SSSR count). The molecule has 0 fully saturated rings. The average Bonchev–Trinajstić information content (AvgIpc) is 3.28. The van der Waals surface area contributed by atoms with Crippen LogP contribution in [0.3, 0.4) is 0 Å². The van der Waals surface area contributed by atoms with E-state index in [2.05, 4.69) is 15.4 Å². The molecule has 0 radical (unpaired) electrons. The second kappa shape index (κ2) is 8.93. The number of fused-ring (bicyclic) bond motifs is 1. The summed E-state index contributed by atoms with van der Waals surface area (Å²) in [7, 11) is 0. The van der Waals surface area contributed by atoms with Crippen molar-refractivity contribution in [2.24, 2.45) is 0 Å². The summed E-state index contributed by atoms with van der Waals surface area (Å²) >= 11 is 6.15. The predicted molar refractivity (Wildman–Crippen MR) is 112 cm³/mol. The van der Waals surface area contributed by atoms with E-state index in [4.69, 9.17) is 16.3 Å². The number of halogens is 6. The number of rotatable bonds is 6. The summed E-state index contributed by atoms with van der Waals surface area (Å²) in [6, 6.07) is 4.79. The smallest absolute Gasteiger partial charge is 0.408 e. The van der Waals surface area contributed by atoms with Crippen molar-refractivity contribution in [1.29, 1.82) is 0 Å². The maximum Gasteiger partial charge on any atom is 0.408 e. The van der Waals surface area contributed by atoms with E-state index in [1.54, 1.807) is 0 Å². The lowest BCUT2D eigenvalue weighted by atomic mass is 10.2. The van der Waals surface area contributed by atoms with E-state index in [9.17, 15) is 26.7 Å². The zero-order valence-corrected chi connectivity index (χ0v) is 18.1. The number of pyridine rings is 1. The highest BCUT2D eigenvalue weighted by Crippen LogP contribution is 2.28. The molecular formula is C21H15ClF5N5O2. The molecule has 1 amide bonds. The first-order valence-corrected chi connectivity index (χ1v) is 10.0. The number of nitrogens with zero attached hydrogens (tertiary/aromatic N) is 4. The highest BCUT2D eigenvalue weighted by Gasteiger charge is 2.28. The Bertz CT molecular complexity index is 1360. The molecule has 0 aliphatic heterocycles. The fourth-order valence-electron chi connectivity index (χ4n) is 3.28. The van der Waals surface area contributed by atoms with Crippen LogP contribution in [-0.2, 0) is 13.2 Å². The molecule has 0 saturated carbocycles. The van der Waals surface area contributed by atoms with E-state index >= 15 is 0 Å². The molecule has 13 heteroatoms. The third kappa shape index (κ3) is 4.96. The first kappa shape index (κ1) is 23.5. The predicted octanol–water partition coefficient (Wildman–Crippen LogP) is 5.16. The Morgan fingerprint density at radius 2 is 1.91 bits per heavy atom. The normalized spacial score (nSPS) is 11.7. The van der Waals surface area contributed by atoms with Gasteiger partial charge in [-0.2, -0.15) is 18.3 Å². The monoisotopic (exact) mass is 499 g/mol. The summed E-state index contributed by atoms with van der Waals surface area (Å²) in [5.74, 6) is -2.20. The van der Waals surface area contributed by atoms with Crippen molar-refractivity contribution in [2.45, 2.75) is 26.3 Å². The van der Waals surface area contributed by atoms with Gasteiger partial charge in [-0.25, -0.2) is 13.8 Å². The number of aryl methyl sites for hydroxylation is 1. The van der Waals surface area contributed by atoms with Crippen molar-refractivity contribution in [2.75, 3.05) is 5.32 Å². The van der Waals surface area contributed by atoms with Crippen molar-refractivity contribution >= 4 is 28.8 Å². The molecule has 34 heavy (non-hydrogen) atoms. The van der Waals surface area contributed by atoms with E-state index in [0.29, 0.717) is 4.68 Å². The number of nitrogens with one attached hydrogen (secondary N) is 1. The van der Waals surface area contributed by atoms with Gasteiger partial charge in [0.05, 0.1) is 28.2 Å². The summed E-state index contributed by atoms with van der Waals surface area (Å²) in [5, 5.41) is 6.17. The number of aromatic nitrogens is 4. The maximum absolute atomic E-state index is 13.9. The number of carbonyl (C=O) groups excluding carboxylic acids is 1. The molecule has 0 spiro atoms. The van der Waals surface area contributed by atoms with Crippen LogP contribution < -0.4 is 10.1 Å². The van der Waals surface area contributed by atoms with E-state index in [-0.39, 0.29) is 39.1 Å². The number of carbonyl (C=O) groups is 1. The molecule has 1 N–H and O–H groups in total. The minimum atomic E-state index is -4.47. The van der Waals surface area contributed by atoms with Gasteiger partial charge < -0.3 is 10.1 Å². The quantitative estimate of drug-likeness (QED) is 0.372. The number of hydrogen-bond acceptors (Lipinski definition) is 4. The molecule has 0 aliphatic rings. The van der Waals surface area contributed by atoms with Crippen LogP contribution in [0.5, 0.6) is 5.75 Å². The third-order valence-corrected chi connectivity index (χ3v) is 4.92. The van der Waals surface area contributed by atoms with Crippen LogP contribution in [0, 0.1) is 18.6 Å². The van der Waals surface area contributed by atoms with Gasteiger partial charge in [0.25, 0.3) is 5.91 Å². The van der Waals surface area contributed by atoms with Crippen molar-refractivity contribution in [1.82, 2.24) is 19.2 Å². The van der Waals surface area contributed by atoms with Crippen LogP contribution in [0.25, 0.3) is 5.65 Å². The van der Waals surface area contributed by atoms with Crippen molar-refractivity contribution in [3.63, 3.8) is 0 Å². The van der Waals surface area contributed by atoms with Crippen LogP contribution in [0.4, 0.5) is 27.6 Å². The Hall–Kier alpha value is -3.67. The van der Waals surface area contributed by atoms with Crippen molar-refractivity contribution in [3.8, 4) is 5.75 Å². The average molecular weight is 500 g/mol. The number of hydrogen-bond donors (Lipinski definition) is 1. The van der Waals surface area contributed by atoms with Gasteiger partial charge in [-0.05, 0) is 19.1 Å². The van der Waals surface area contributed by atoms with Crippen LogP contribution in [0.2, 0.25) is 5.02 Å². The van der Waals surface area contributed by atoms with Gasteiger partial charge >= 0.3 is 6.18 Å². The van der Waals surface area contributed by atoms with Gasteiger partial charge in [-0.15, -0.1) is 0 Å². The van der Waals surface area contributed by atoms with Crippen molar-refractivity contribution < 1.29 is 31.5 Å². The minimum absolute atomic E-state index is 0.0305. The first-order valence-electron chi connectivity index (χ1n) is 9.66. The number of amides is 1. The largest absolute Gasteiger partial charge is 0.485 e. The fourth-order valence-corrected chi connectivity index (χ4v) is 3.48. The number of imidazole rings is 1. The Morgan fingerprint density at radius 1 is 1.21 bits per heavy atom. The second-order valence-electron chi connectivity index (χ2n) is 7.25. The van der Waals surface area contributed by atoms with Gasteiger partial charge in [0.15, 0.2) is 11.4 Å². The van der Waals surface area contributed by atoms with E-state index in [1.807, 2.05) is 0 Å². The summed E-state index contributed by atoms with van der Waals surface area (Å²) in [6.07, 6.45) is -0.971. The standard InChI is InChI=1S/C21H15ClF5N5O2/c1-11-18(20(33)30-13-6-28-31(8-13)10-21(25,26)27)32-7-12(22)5-17(19(32)29-11)34-9-14-15(23)3-2-4-16(14)24/h2-8H,9-10H2,1H3,(H,30,33). The number of alkyl halides is 3. The van der Waals surface area contributed by atoms with Gasteiger partial charge in [0, 0.05) is 18.5 Å². The topological polar surface area (TPSA) is 73.5 Å². The van der Waals surface area contributed by atoms with E-state index in [1.165, 1.54) is 29.7 Å². The Balaban J connectivity index is 1.61. The van der Waals surface area contributed by atoms with Crippen LogP contribution >= 0.6 is 11.6 Å². The maximum atomic E-state index is 13.9. The molecule has 0 atom stereocenters. The minimum Gasteiger partial charge on any atom is -0.485 e. The number of ether oxygens (including phenoxy) is 1. The summed E-state index contributed by atoms with van der Waals surface area (Å²) in [6.45, 7) is -0.236. The highest BCUT2D eigenvalue weighted by molar-refractivity contribution is 6.30. The zero-order valence-electron chi connectivity index (χ0n) is 17.3. The van der Waals surface area contributed by atoms with Crippen LogP contribution in [0.15, 0.2) is 42.9 Å². The molecule has 3 aromatic heterocycles. The lowest BCUT2D eigenvalue weighted by molar-refractivity contribution is -0.142. The molecule has 4 aromatic rings. The molecule has 0 bridgehead atoms. The summed E-state index contributed by atoms with van der Waals surface area (Å²) in [5.41, 5.74) is 0.179. The lowest BCUT2D eigenvalue weighted by Gasteiger charge is -2.10. The zero-order chi connectivity index (χ0) is 24.6. The van der Waals surface area contributed by atoms with Gasteiger partial charge in [-0.3, -0.25) is 13.9 Å². The van der Waals surface area contributed by atoms with Crippen LogP contribution in [0.1, 0.15) is 21.7 Å². The van der Waals surface area contributed by atoms with Gasteiger partial charge in [0.2, 0.25) is 0 Å². The molecule has 1 aromatic carbocycles. The molecule has 0 saturated heterocycles. The number of benzene rings is 1. The third-order valence-electron chi connectivity index (χ3n) is 4.71. The molecule has 7 nitrogen and oxygen atoms in total. The first-order chi connectivity index (χ1) is 16.0. The SMILES string of the molecule is Cc1nc2c(OCc3c(F)cccc3F)cc(Cl)cn2c1C(=O)Nc1cnn(CC(F)(F)F)c1. The summed E-state index contributed by atoms with van der Waals surface area (Å²) in [4.78, 5) is 17.2. The van der Waals surface area contributed by atoms with E-state index in [0.717, 1.165) is 24.5 Å². The molecule has 0 unspecified atom stereocenters. The Morgan fingerprint density at radius 3 is 2.59 bits per heavy atom. The van der Waals surface area contributed by atoms with Gasteiger partial charge in [-0.1, -0.05) is 17.7 Å². The molecular weight excluding hydrogens is 485 g/mol.